The third-order valence-electron chi connectivity index (χ3n) is 3.71. The normalized spacial score (nSPS) is 39.0. The Kier molecular flexibility index (Phi) is 4.29. The van der Waals surface area contributed by atoms with Crippen molar-refractivity contribution < 1.29 is 18.0 Å². The summed E-state index contributed by atoms with van der Waals surface area (Å²) in [5, 5.41) is 0. The van der Waals surface area contributed by atoms with E-state index < -0.39 is 8.80 Å². The standard InChI is InChI=1S/C11H22N2O4Si/c1-6-14-7-2-13(1)11-18-15-8-3-12(4-9-16-18)5-10-17-18/h1-11H2. The summed E-state index contributed by atoms with van der Waals surface area (Å²) in [4.78, 5) is 4.70. The Morgan fingerprint density at radius 1 is 0.722 bits per heavy atom. The number of hydrogen-bond acceptors (Lipinski definition) is 6. The van der Waals surface area contributed by atoms with E-state index in [1.807, 2.05) is 0 Å². The zero-order chi connectivity index (χ0) is 12.3. The van der Waals surface area contributed by atoms with Crippen LogP contribution in [0.5, 0.6) is 0 Å². The fourth-order valence-corrected chi connectivity index (χ4v) is 5.22. The Morgan fingerprint density at radius 3 is 1.83 bits per heavy atom. The monoisotopic (exact) mass is 274 g/mol. The molecule has 0 amide bonds. The fourth-order valence-electron chi connectivity index (χ4n) is 2.62. The summed E-state index contributed by atoms with van der Waals surface area (Å²) in [6.45, 7) is 8.73. The second kappa shape index (κ2) is 5.95. The average molecular weight is 274 g/mol. The Morgan fingerprint density at radius 2 is 1.28 bits per heavy atom. The van der Waals surface area contributed by atoms with E-state index in [9.17, 15) is 0 Å². The van der Waals surface area contributed by atoms with Crippen LogP contribution >= 0.6 is 0 Å². The van der Waals surface area contributed by atoms with E-state index >= 15 is 0 Å². The molecule has 2 bridgehead atoms. The minimum atomic E-state index is -2.47. The van der Waals surface area contributed by atoms with Crippen molar-refractivity contribution in [1.82, 2.24) is 9.80 Å². The molecule has 0 spiro atoms. The summed E-state index contributed by atoms with van der Waals surface area (Å²) in [5.41, 5.74) is 0. The third-order valence-corrected chi connectivity index (χ3v) is 6.48. The van der Waals surface area contributed by atoms with Gasteiger partial charge in [0.15, 0.2) is 0 Å². The number of hydrogen-bond donors (Lipinski definition) is 0. The number of fused-ring (bicyclic) bond motifs is 6. The van der Waals surface area contributed by atoms with Gasteiger partial charge in [0.2, 0.25) is 0 Å². The minimum Gasteiger partial charge on any atom is -0.379 e. The number of morpholine rings is 1. The Labute approximate surface area is 109 Å². The lowest BCUT2D eigenvalue weighted by Gasteiger charge is -2.40. The molecule has 0 aliphatic carbocycles. The molecular formula is C11H22N2O4Si. The van der Waals surface area contributed by atoms with E-state index in [4.69, 9.17) is 18.0 Å². The number of nitrogens with zero attached hydrogens (tertiary/aromatic N) is 2. The van der Waals surface area contributed by atoms with E-state index in [1.54, 1.807) is 0 Å². The van der Waals surface area contributed by atoms with Gasteiger partial charge in [-0.15, -0.1) is 0 Å². The summed E-state index contributed by atoms with van der Waals surface area (Å²) < 4.78 is 23.4. The van der Waals surface area contributed by atoms with E-state index in [0.29, 0.717) is 0 Å². The van der Waals surface area contributed by atoms with Crippen LogP contribution in [0.4, 0.5) is 0 Å². The van der Waals surface area contributed by atoms with Crippen molar-refractivity contribution in [3.05, 3.63) is 0 Å². The SMILES string of the molecule is C1CN(C[Si]23OCCN(CCO2)CCO3)CCO1. The van der Waals surface area contributed by atoms with E-state index in [-0.39, 0.29) is 0 Å². The summed E-state index contributed by atoms with van der Waals surface area (Å²) >= 11 is 0. The van der Waals surface area contributed by atoms with Crippen molar-refractivity contribution in [3.8, 4) is 0 Å². The lowest BCUT2D eigenvalue weighted by atomic mass is 10.4. The molecule has 0 aromatic heterocycles. The summed E-state index contributed by atoms with van der Waals surface area (Å²) in [7, 11) is -2.47. The Balaban J connectivity index is 1.65. The first-order valence-electron chi connectivity index (χ1n) is 6.81. The van der Waals surface area contributed by atoms with Crippen LogP contribution in [0.3, 0.4) is 0 Å². The summed E-state index contributed by atoms with van der Waals surface area (Å²) in [5.74, 6) is 0. The molecule has 4 aliphatic rings. The lowest BCUT2D eigenvalue weighted by molar-refractivity contribution is -0.0248. The third kappa shape index (κ3) is 3.10. The van der Waals surface area contributed by atoms with Crippen molar-refractivity contribution in [3.63, 3.8) is 0 Å². The molecule has 0 atom stereocenters. The van der Waals surface area contributed by atoms with Crippen LogP contribution in [0, 0.1) is 0 Å². The molecule has 0 aromatic rings. The number of ether oxygens (including phenoxy) is 1. The molecule has 4 saturated heterocycles. The molecular weight excluding hydrogens is 252 g/mol. The van der Waals surface area contributed by atoms with Crippen molar-refractivity contribution in [2.24, 2.45) is 0 Å². The summed E-state index contributed by atoms with van der Waals surface area (Å²) in [6, 6.07) is 0. The maximum atomic E-state index is 6.01. The van der Waals surface area contributed by atoms with Crippen LogP contribution in [0.15, 0.2) is 0 Å². The van der Waals surface area contributed by atoms with Gasteiger partial charge >= 0.3 is 8.80 Å². The minimum absolute atomic E-state index is 0.733. The first-order valence-corrected chi connectivity index (χ1v) is 8.74. The first-order chi connectivity index (χ1) is 8.86. The molecule has 4 fully saturated rings. The second-order valence-electron chi connectivity index (χ2n) is 4.96. The predicted molar refractivity (Wildman–Crippen MR) is 67.3 cm³/mol. The maximum Gasteiger partial charge on any atom is 0.515 e. The average Bonchev–Trinajstić information content (AvgIpc) is 2.32. The molecule has 0 radical (unpaired) electrons. The fraction of sp³-hybridized carbons (Fsp3) is 1.00. The molecule has 7 heteroatoms. The molecule has 6 nitrogen and oxygen atoms in total. The predicted octanol–water partition coefficient (Wildman–Crippen LogP) is -0.824. The van der Waals surface area contributed by atoms with Crippen LogP contribution in [-0.4, -0.2) is 90.5 Å². The molecule has 4 rings (SSSR count). The zero-order valence-corrected chi connectivity index (χ0v) is 11.8. The van der Waals surface area contributed by atoms with Crippen molar-refractivity contribution in [2.75, 3.05) is 71.9 Å². The molecule has 18 heavy (non-hydrogen) atoms. The summed E-state index contributed by atoms with van der Waals surface area (Å²) in [6.07, 6.45) is 0.816. The van der Waals surface area contributed by atoms with Crippen LogP contribution in [0.2, 0.25) is 0 Å². The molecule has 0 aromatic carbocycles. The highest BCUT2D eigenvalue weighted by atomic mass is 28.4. The molecule has 104 valence electrons. The molecule has 0 unspecified atom stereocenters. The smallest absolute Gasteiger partial charge is 0.379 e. The van der Waals surface area contributed by atoms with Crippen LogP contribution < -0.4 is 0 Å². The maximum absolute atomic E-state index is 6.01. The topological polar surface area (TPSA) is 43.4 Å². The molecule has 0 saturated carbocycles. The van der Waals surface area contributed by atoms with Crippen molar-refractivity contribution >= 4 is 8.80 Å². The van der Waals surface area contributed by atoms with Gasteiger partial charge in [0.05, 0.1) is 39.2 Å². The first kappa shape index (κ1) is 13.0. The van der Waals surface area contributed by atoms with Gasteiger partial charge in [-0.3, -0.25) is 9.80 Å². The van der Waals surface area contributed by atoms with Crippen molar-refractivity contribution in [2.45, 2.75) is 0 Å². The van der Waals surface area contributed by atoms with Gasteiger partial charge in [-0.2, -0.15) is 0 Å². The molecule has 0 N–H and O–H groups in total. The molecule has 4 aliphatic heterocycles. The van der Waals surface area contributed by atoms with Crippen LogP contribution in [0.1, 0.15) is 0 Å². The van der Waals surface area contributed by atoms with Gasteiger partial charge in [0, 0.05) is 32.7 Å². The van der Waals surface area contributed by atoms with Gasteiger partial charge in [0.25, 0.3) is 0 Å². The van der Waals surface area contributed by atoms with Gasteiger partial charge in [-0.25, -0.2) is 0 Å². The quantitative estimate of drug-likeness (QED) is 0.613. The second-order valence-corrected chi connectivity index (χ2v) is 7.51. The zero-order valence-electron chi connectivity index (χ0n) is 10.8. The van der Waals surface area contributed by atoms with Gasteiger partial charge < -0.3 is 18.0 Å². The van der Waals surface area contributed by atoms with Crippen LogP contribution in [0.25, 0.3) is 0 Å². The highest BCUT2D eigenvalue weighted by molar-refractivity contribution is 6.61. The van der Waals surface area contributed by atoms with Crippen LogP contribution in [-0.2, 0) is 18.0 Å². The largest absolute Gasteiger partial charge is 0.515 e. The van der Waals surface area contributed by atoms with E-state index in [2.05, 4.69) is 9.80 Å². The van der Waals surface area contributed by atoms with Gasteiger partial charge in [-0.1, -0.05) is 0 Å². The highest BCUT2D eigenvalue weighted by Gasteiger charge is 2.45. The highest BCUT2D eigenvalue weighted by Crippen LogP contribution is 2.17. The van der Waals surface area contributed by atoms with Gasteiger partial charge in [-0.05, 0) is 0 Å². The Bertz CT molecular complexity index is 249. The molecule has 4 heterocycles. The number of rotatable bonds is 2. The Hall–Kier alpha value is -0.0231. The van der Waals surface area contributed by atoms with Crippen molar-refractivity contribution in [1.29, 1.82) is 0 Å². The van der Waals surface area contributed by atoms with Gasteiger partial charge in [0.1, 0.15) is 0 Å². The van der Waals surface area contributed by atoms with E-state index in [1.165, 1.54) is 0 Å². The lowest BCUT2D eigenvalue weighted by Crippen LogP contribution is -2.61. The van der Waals surface area contributed by atoms with E-state index in [0.717, 1.165) is 71.9 Å².